The lowest BCUT2D eigenvalue weighted by atomic mass is 10.1. The van der Waals surface area contributed by atoms with Crippen molar-refractivity contribution in [3.63, 3.8) is 0 Å². The van der Waals surface area contributed by atoms with E-state index in [4.69, 9.17) is 16.3 Å². The van der Waals surface area contributed by atoms with Crippen LogP contribution in [0.25, 0.3) is 0 Å². The Morgan fingerprint density at radius 2 is 2.32 bits per heavy atom. The molecule has 0 aliphatic rings. The first kappa shape index (κ1) is 13.4. The van der Waals surface area contributed by atoms with Crippen molar-refractivity contribution >= 4 is 23.5 Å². The lowest BCUT2D eigenvalue weighted by Gasteiger charge is -2.03. The second kappa shape index (κ2) is 5.71. The summed E-state index contributed by atoms with van der Waals surface area (Å²) in [4.78, 5) is 15.9. The maximum Gasteiger partial charge on any atom is 0.337 e. The van der Waals surface area contributed by atoms with Crippen LogP contribution in [0.2, 0.25) is 5.02 Å². The van der Waals surface area contributed by atoms with Crippen LogP contribution in [0.3, 0.4) is 0 Å². The van der Waals surface area contributed by atoms with Crippen molar-refractivity contribution in [1.82, 2.24) is 15.2 Å². The van der Waals surface area contributed by atoms with Gasteiger partial charge in [-0.05, 0) is 31.5 Å². The first-order valence-electron chi connectivity index (χ1n) is 5.73. The number of halogens is 1. The van der Waals surface area contributed by atoms with Gasteiger partial charge >= 0.3 is 6.01 Å². The molecular weight excluding hydrogens is 268 g/mol. The van der Waals surface area contributed by atoms with E-state index in [0.717, 1.165) is 5.56 Å². The highest BCUT2D eigenvalue weighted by Gasteiger charge is 2.11. The van der Waals surface area contributed by atoms with Gasteiger partial charge in [0.15, 0.2) is 0 Å². The number of H-pyrrole nitrogens is 1. The second-order valence-electron chi connectivity index (χ2n) is 3.82. The number of aryl methyl sites for hydroxylation is 1. The number of nitrogens with zero attached hydrogens (tertiary/aromatic N) is 2. The fourth-order valence-corrected chi connectivity index (χ4v) is 1.59. The summed E-state index contributed by atoms with van der Waals surface area (Å²) >= 11 is 5.97. The molecule has 19 heavy (non-hydrogen) atoms. The van der Waals surface area contributed by atoms with Crippen LogP contribution in [-0.4, -0.2) is 27.7 Å². The number of aromatic amines is 1. The van der Waals surface area contributed by atoms with Crippen LogP contribution in [-0.2, 0) is 0 Å². The van der Waals surface area contributed by atoms with Crippen LogP contribution in [0, 0.1) is 6.92 Å². The van der Waals surface area contributed by atoms with Crippen molar-refractivity contribution in [2.24, 2.45) is 0 Å². The van der Waals surface area contributed by atoms with Gasteiger partial charge in [0, 0.05) is 10.6 Å². The molecule has 7 heteroatoms. The van der Waals surface area contributed by atoms with Crippen LogP contribution < -0.4 is 10.1 Å². The summed E-state index contributed by atoms with van der Waals surface area (Å²) in [6.45, 7) is 4.15. The third-order valence-corrected chi connectivity index (χ3v) is 2.81. The van der Waals surface area contributed by atoms with E-state index in [-0.39, 0.29) is 17.9 Å². The summed E-state index contributed by atoms with van der Waals surface area (Å²) < 4.78 is 5.08. The van der Waals surface area contributed by atoms with E-state index in [9.17, 15) is 4.79 Å². The minimum atomic E-state index is -0.318. The zero-order valence-electron chi connectivity index (χ0n) is 10.5. The first-order chi connectivity index (χ1) is 9.10. The Kier molecular flexibility index (Phi) is 4.01. The zero-order valence-corrected chi connectivity index (χ0v) is 11.3. The van der Waals surface area contributed by atoms with Crippen molar-refractivity contribution < 1.29 is 9.53 Å². The zero-order chi connectivity index (χ0) is 13.8. The molecule has 0 fully saturated rings. The van der Waals surface area contributed by atoms with Gasteiger partial charge < -0.3 is 4.74 Å². The Morgan fingerprint density at radius 1 is 1.53 bits per heavy atom. The summed E-state index contributed by atoms with van der Waals surface area (Å²) in [6, 6.07) is 5.27. The first-order valence-corrected chi connectivity index (χ1v) is 6.10. The van der Waals surface area contributed by atoms with E-state index < -0.39 is 0 Å². The molecule has 2 N–H and O–H groups in total. The molecule has 6 nitrogen and oxygen atoms in total. The van der Waals surface area contributed by atoms with E-state index >= 15 is 0 Å². The minimum Gasteiger partial charge on any atom is -0.463 e. The van der Waals surface area contributed by atoms with Gasteiger partial charge in [-0.1, -0.05) is 17.7 Å². The number of aromatic nitrogens is 3. The molecule has 1 aromatic carbocycles. The molecular formula is C12H13ClN4O2. The van der Waals surface area contributed by atoms with Gasteiger partial charge in [0.2, 0.25) is 5.95 Å². The molecule has 0 spiro atoms. The summed E-state index contributed by atoms with van der Waals surface area (Å²) in [5.74, 6) is -0.0914. The molecule has 2 aromatic rings. The lowest BCUT2D eigenvalue weighted by Crippen LogP contribution is -2.13. The van der Waals surface area contributed by atoms with Crippen LogP contribution in [0.15, 0.2) is 18.2 Å². The Hall–Kier alpha value is -2.08. The SMILES string of the molecule is CCOc1n[nH]c(NC(=O)c2ccc(C)c(Cl)c2)n1. The molecule has 0 saturated carbocycles. The maximum atomic E-state index is 11.9. The summed E-state index contributed by atoms with van der Waals surface area (Å²) in [5.41, 5.74) is 1.36. The van der Waals surface area contributed by atoms with Crippen LogP contribution in [0.5, 0.6) is 6.01 Å². The quantitative estimate of drug-likeness (QED) is 0.901. The standard InChI is InChI=1S/C12H13ClN4O2/c1-3-19-12-15-11(16-17-12)14-10(18)8-5-4-7(2)9(13)6-8/h4-6H,3H2,1-2H3,(H2,14,15,16,17,18). The number of hydrogen-bond donors (Lipinski definition) is 2. The maximum absolute atomic E-state index is 11.9. The van der Waals surface area contributed by atoms with Gasteiger partial charge in [0.1, 0.15) is 0 Å². The number of amides is 1. The molecule has 0 aliphatic heterocycles. The van der Waals surface area contributed by atoms with Crippen LogP contribution in [0.1, 0.15) is 22.8 Å². The average Bonchev–Trinajstić information content (AvgIpc) is 2.80. The molecule has 0 bridgehead atoms. The monoisotopic (exact) mass is 280 g/mol. The number of benzene rings is 1. The Morgan fingerprint density at radius 3 is 3.00 bits per heavy atom. The highest BCUT2D eigenvalue weighted by atomic mass is 35.5. The molecule has 0 aliphatic carbocycles. The lowest BCUT2D eigenvalue weighted by molar-refractivity contribution is 0.102. The summed E-state index contributed by atoms with van der Waals surface area (Å²) in [5, 5.41) is 9.47. The number of anilines is 1. The van der Waals surface area contributed by atoms with Gasteiger partial charge in [0.25, 0.3) is 5.91 Å². The van der Waals surface area contributed by atoms with Crippen molar-refractivity contribution in [3.8, 4) is 6.01 Å². The van der Waals surface area contributed by atoms with Crippen LogP contribution >= 0.6 is 11.6 Å². The predicted octanol–water partition coefficient (Wildman–Crippen LogP) is 2.42. The molecule has 2 rings (SSSR count). The topological polar surface area (TPSA) is 79.9 Å². The average molecular weight is 281 g/mol. The summed E-state index contributed by atoms with van der Waals surface area (Å²) in [7, 11) is 0. The third-order valence-electron chi connectivity index (χ3n) is 2.40. The number of ether oxygens (including phenoxy) is 1. The summed E-state index contributed by atoms with van der Waals surface area (Å²) in [6.07, 6.45) is 0. The number of carbonyl (C=O) groups excluding carboxylic acids is 1. The Balaban J connectivity index is 2.09. The predicted molar refractivity (Wildman–Crippen MR) is 71.7 cm³/mol. The van der Waals surface area contributed by atoms with Crippen molar-refractivity contribution in [3.05, 3.63) is 34.3 Å². The van der Waals surface area contributed by atoms with E-state index in [0.29, 0.717) is 17.2 Å². The minimum absolute atomic E-state index is 0.194. The normalized spacial score (nSPS) is 10.3. The fraction of sp³-hybridized carbons (Fsp3) is 0.250. The smallest absolute Gasteiger partial charge is 0.337 e. The van der Waals surface area contributed by atoms with Gasteiger partial charge in [0.05, 0.1) is 6.61 Å². The van der Waals surface area contributed by atoms with E-state index in [2.05, 4.69) is 20.5 Å². The van der Waals surface area contributed by atoms with Crippen molar-refractivity contribution in [2.45, 2.75) is 13.8 Å². The molecule has 100 valence electrons. The highest BCUT2D eigenvalue weighted by molar-refractivity contribution is 6.31. The molecule has 1 aromatic heterocycles. The van der Waals surface area contributed by atoms with Crippen molar-refractivity contribution in [1.29, 1.82) is 0 Å². The van der Waals surface area contributed by atoms with Gasteiger partial charge in [-0.25, -0.2) is 5.10 Å². The number of rotatable bonds is 4. The number of nitrogens with one attached hydrogen (secondary N) is 2. The molecule has 1 amide bonds. The van der Waals surface area contributed by atoms with E-state index in [1.807, 2.05) is 13.8 Å². The van der Waals surface area contributed by atoms with Gasteiger partial charge in [-0.3, -0.25) is 10.1 Å². The molecule has 0 saturated heterocycles. The highest BCUT2D eigenvalue weighted by Crippen LogP contribution is 2.17. The number of carbonyl (C=O) groups is 1. The second-order valence-corrected chi connectivity index (χ2v) is 4.22. The van der Waals surface area contributed by atoms with Crippen LogP contribution in [0.4, 0.5) is 5.95 Å². The molecule has 0 unspecified atom stereocenters. The van der Waals surface area contributed by atoms with E-state index in [1.54, 1.807) is 18.2 Å². The van der Waals surface area contributed by atoms with Gasteiger partial charge in [-0.2, -0.15) is 4.98 Å². The molecule has 0 atom stereocenters. The van der Waals surface area contributed by atoms with Crippen molar-refractivity contribution in [2.75, 3.05) is 11.9 Å². The fourth-order valence-electron chi connectivity index (χ4n) is 1.41. The largest absolute Gasteiger partial charge is 0.463 e. The molecule has 1 heterocycles. The number of hydrogen-bond acceptors (Lipinski definition) is 4. The third kappa shape index (κ3) is 3.23. The van der Waals surface area contributed by atoms with E-state index in [1.165, 1.54) is 0 Å². The Bertz CT molecular complexity index is 597. The Labute approximate surface area is 115 Å². The molecule has 0 radical (unpaired) electrons. The van der Waals surface area contributed by atoms with Gasteiger partial charge in [-0.15, -0.1) is 5.10 Å².